The van der Waals surface area contributed by atoms with Crippen molar-refractivity contribution in [2.75, 3.05) is 13.7 Å². The molecule has 0 bridgehead atoms. The molecule has 4 nitrogen and oxygen atoms in total. The molecule has 1 aliphatic heterocycles. The Hall–Kier alpha value is -1.84. The van der Waals surface area contributed by atoms with Gasteiger partial charge in [0.15, 0.2) is 5.41 Å². The van der Waals surface area contributed by atoms with Crippen LogP contribution in [0.2, 0.25) is 0 Å². The lowest BCUT2D eigenvalue weighted by molar-refractivity contribution is -0.151. The lowest BCUT2D eigenvalue weighted by atomic mass is 9.79. The van der Waals surface area contributed by atoms with Gasteiger partial charge in [0.05, 0.1) is 7.11 Å². The molecule has 1 unspecified atom stereocenters. The predicted molar refractivity (Wildman–Crippen MR) is 57.8 cm³/mol. The van der Waals surface area contributed by atoms with Crippen molar-refractivity contribution in [3.8, 4) is 0 Å². The topological polar surface area (TPSA) is 55.4 Å². The van der Waals surface area contributed by atoms with Crippen LogP contribution in [0.5, 0.6) is 0 Å². The van der Waals surface area contributed by atoms with E-state index in [0.717, 1.165) is 0 Å². The molecule has 1 saturated heterocycles. The molecule has 1 fully saturated rings. The Morgan fingerprint density at radius 2 is 2.06 bits per heavy atom. The van der Waals surface area contributed by atoms with Crippen LogP contribution in [0.4, 0.5) is 0 Å². The summed E-state index contributed by atoms with van der Waals surface area (Å²) >= 11 is 0. The maximum Gasteiger partial charge on any atom is 0.326 e. The monoisotopic (exact) mass is 219 g/mol. The van der Waals surface area contributed by atoms with Gasteiger partial charge in [0, 0.05) is 6.54 Å². The maximum absolute atomic E-state index is 11.9. The summed E-state index contributed by atoms with van der Waals surface area (Å²) in [6.07, 6.45) is 0.447. The van der Waals surface area contributed by atoms with E-state index in [1.165, 1.54) is 7.11 Å². The van der Waals surface area contributed by atoms with Gasteiger partial charge in [0.2, 0.25) is 5.91 Å². The Balaban J connectivity index is 2.51. The Morgan fingerprint density at radius 3 is 2.56 bits per heavy atom. The number of hydrogen-bond acceptors (Lipinski definition) is 3. The molecule has 0 saturated carbocycles. The van der Waals surface area contributed by atoms with Crippen LogP contribution in [0, 0.1) is 0 Å². The Labute approximate surface area is 93.6 Å². The first-order valence-electron chi connectivity index (χ1n) is 5.14. The number of esters is 1. The van der Waals surface area contributed by atoms with E-state index in [0.29, 0.717) is 18.5 Å². The number of nitrogens with one attached hydrogen (secondary N) is 1. The zero-order valence-corrected chi connectivity index (χ0v) is 9.03. The first-order valence-corrected chi connectivity index (χ1v) is 5.14. The van der Waals surface area contributed by atoms with E-state index in [1.807, 2.05) is 18.2 Å². The largest absolute Gasteiger partial charge is 0.468 e. The summed E-state index contributed by atoms with van der Waals surface area (Å²) in [6.45, 7) is 0.503. The fourth-order valence-electron chi connectivity index (χ4n) is 2.11. The van der Waals surface area contributed by atoms with Gasteiger partial charge < -0.3 is 10.1 Å². The van der Waals surface area contributed by atoms with Crippen LogP contribution in [-0.4, -0.2) is 25.5 Å². The molecule has 4 heteroatoms. The molecule has 1 heterocycles. The Kier molecular flexibility index (Phi) is 2.64. The molecule has 16 heavy (non-hydrogen) atoms. The van der Waals surface area contributed by atoms with E-state index in [9.17, 15) is 9.59 Å². The number of hydrogen-bond donors (Lipinski definition) is 1. The van der Waals surface area contributed by atoms with Gasteiger partial charge in [-0.3, -0.25) is 9.59 Å². The molecule has 1 atom stereocenters. The molecule has 0 aromatic heterocycles. The Bertz CT molecular complexity index is 416. The number of rotatable bonds is 2. The fourth-order valence-corrected chi connectivity index (χ4v) is 2.11. The van der Waals surface area contributed by atoms with Crippen LogP contribution < -0.4 is 5.32 Å². The third kappa shape index (κ3) is 1.38. The fraction of sp³-hybridized carbons (Fsp3) is 0.333. The second kappa shape index (κ2) is 3.96. The highest BCUT2D eigenvalue weighted by Crippen LogP contribution is 2.32. The van der Waals surface area contributed by atoms with E-state index in [4.69, 9.17) is 4.74 Å². The predicted octanol–water partition coefficient (Wildman–Crippen LogP) is 0.617. The first kappa shape index (κ1) is 10.7. The van der Waals surface area contributed by atoms with Crippen LogP contribution >= 0.6 is 0 Å². The minimum absolute atomic E-state index is 0.273. The van der Waals surface area contributed by atoms with Crippen LogP contribution in [-0.2, 0) is 19.7 Å². The number of benzene rings is 1. The highest BCUT2D eigenvalue weighted by molar-refractivity contribution is 6.10. The minimum Gasteiger partial charge on any atom is -0.468 e. The molecule has 1 N–H and O–H groups in total. The highest BCUT2D eigenvalue weighted by atomic mass is 16.5. The van der Waals surface area contributed by atoms with E-state index in [2.05, 4.69) is 5.32 Å². The number of amides is 1. The number of ether oxygens (including phenoxy) is 1. The summed E-state index contributed by atoms with van der Waals surface area (Å²) in [5, 5.41) is 2.68. The second-order valence-corrected chi connectivity index (χ2v) is 3.77. The van der Waals surface area contributed by atoms with Crippen molar-refractivity contribution < 1.29 is 14.3 Å². The molecule has 0 spiro atoms. The van der Waals surface area contributed by atoms with Gasteiger partial charge >= 0.3 is 5.97 Å². The Morgan fingerprint density at radius 1 is 1.38 bits per heavy atom. The summed E-state index contributed by atoms with van der Waals surface area (Å²) < 4.78 is 4.76. The van der Waals surface area contributed by atoms with Crippen molar-refractivity contribution in [1.29, 1.82) is 0 Å². The SMILES string of the molecule is COC(=O)C1(c2ccccc2)CCNC1=O. The van der Waals surface area contributed by atoms with Gasteiger partial charge in [-0.1, -0.05) is 30.3 Å². The van der Waals surface area contributed by atoms with Crippen molar-refractivity contribution in [2.45, 2.75) is 11.8 Å². The quantitative estimate of drug-likeness (QED) is 0.586. The average molecular weight is 219 g/mol. The number of methoxy groups -OCH3 is 1. The number of carbonyl (C=O) groups excluding carboxylic acids is 2. The van der Waals surface area contributed by atoms with Gasteiger partial charge in [0.1, 0.15) is 0 Å². The highest BCUT2D eigenvalue weighted by Gasteiger charge is 2.51. The third-order valence-electron chi connectivity index (χ3n) is 2.97. The summed E-state index contributed by atoms with van der Waals surface area (Å²) in [5.74, 6) is -0.765. The smallest absolute Gasteiger partial charge is 0.326 e. The average Bonchev–Trinajstić information content (AvgIpc) is 2.72. The minimum atomic E-state index is -1.16. The standard InChI is InChI=1S/C12H13NO3/c1-16-11(15)12(7-8-13-10(12)14)9-5-3-2-4-6-9/h2-6H,7-8H2,1H3,(H,13,14). The van der Waals surface area contributed by atoms with E-state index >= 15 is 0 Å². The van der Waals surface area contributed by atoms with Gasteiger partial charge in [-0.25, -0.2) is 0 Å². The molecule has 1 aliphatic rings. The van der Waals surface area contributed by atoms with Crippen LogP contribution in [0.25, 0.3) is 0 Å². The first-order chi connectivity index (χ1) is 7.71. The molecule has 0 radical (unpaired) electrons. The zero-order chi connectivity index (χ0) is 11.6. The van der Waals surface area contributed by atoms with Crippen LogP contribution in [0.15, 0.2) is 30.3 Å². The lowest BCUT2D eigenvalue weighted by Gasteiger charge is -2.23. The van der Waals surface area contributed by atoms with Crippen molar-refractivity contribution in [1.82, 2.24) is 5.32 Å². The summed E-state index contributed by atoms with van der Waals surface area (Å²) in [5.41, 5.74) is -0.465. The zero-order valence-electron chi connectivity index (χ0n) is 9.03. The summed E-state index contributed by atoms with van der Waals surface area (Å²) in [6, 6.07) is 9.03. The molecule has 1 amide bonds. The third-order valence-corrected chi connectivity index (χ3v) is 2.97. The molecule has 1 aromatic carbocycles. The van der Waals surface area contributed by atoms with Crippen molar-refractivity contribution in [3.63, 3.8) is 0 Å². The molecule has 84 valence electrons. The number of carbonyl (C=O) groups is 2. The lowest BCUT2D eigenvalue weighted by Crippen LogP contribution is -2.43. The van der Waals surface area contributed by atoms with Gasteiger partial charge in [0.25, 0.3) is 0 Å². The van der Waals surface area contributed by atoms with Crippen molar-refractivity contribution in [3.05, 3.63) is 35.9 Å². The summed E-state index contributed by atoms with van der Waals surface area (Å²) in [7, 11) is 1.30. The van der Waals surface area contributed by atoms with E-state index < -0.39 is 11.4 Å². The van der Waals surface area contributed by atoms with E-state index in [1.54, 1.807) is 12.1 Å². The van der Waals surface area contributed by atoms with Crippen LogP contribution in [0.3, 0.4) is 0 Å². The molecular weight excluding hydrogens is 206 g/mol. The summed E-state index contributed by atoms with van der Waals surface area (Å²) in [4.78, 5) is 23.7. The normalized spacial score (nSPS) is 23.9. The molecule has 2 rings (SSSR count). The molecule has 0 aliphatic carbocycles. The molecular formula is C12H13NO3. The van der Waals surface area contributed by atoms with Gasteiger partial charge in [-0.15, -0.1) is 0 Å². The maximum atomic E-state index is 11.9. The van der Waals surface area contributed by atoms with Crippen molar-refractivity contribution in [2.24, 2.45) is 0 Å². The van der Waals surface area contributed by atoms with E-state index in [-0.39, 0.29) is 5.91 Å². The van der Waals surface area contributed by atoms with Gasteiger partial charge in [-0.05, 0) is 12.0 Å². The molecule has 1 aromatic rings. The van der Waals surface area contributed by atoms with Crippen LogP contribution in [0.1, 0.15) is 12.0 Å². The van der Waals surface area contributed by atoms with Gasteiger partial charge in [-0.2, -0.15) is 0 Å². The van der Waals surface area contributed by atoms with Crippen molar-refractivity contribution >= 4 is 11.9 Å². The second-order valence-electron chi connectivity index (χ2n) is 3.77.